The molecule has 2 aliphatic rings. The van der Waals surface area contributed by atoms with Gasteiger partial charge in [0.25, 0.3) is 11.1 Å². The Kier molecular flexibility index (Phi) is 6.70. The Morgan fingerprint density at radius 1 is 0.767 bits per heavy atom. The second kappa shape index (κ2) is 9.95. The van der Waals surface area contributed by atoms with Gasteiger partial charge in [0.05, 0.1) is 12.7 Å². The van der Waals surface area contributed by atoms with E-state index in [-0.39, 0.29) is 34.2 Å². The number of hydrogen-bond donors (Lipinski definition) is 10. The summed E-state index contributed by atoms with van der Waals surface area (Å²) in [5.74, 6) is -5.30. The van der Waals surface area contributed by atoms with Gasteiger partial charge in [-0.05, 0) is 0 Å². The molecule has 43 heavy (non-hydrogen) atoms. The van der Waals surface area contributed by atoms with Crippen LogP contribution in [0.25, 0.3) is 22.3 Å². The number of nitrogens with one attached hydrogen (secondary N) is 2. The number of ether oxygens (including phenoxy) is 2. The van der Waals surface area contributed by atoms with E-state index in [2.05, 4.69) is 29.9 Å². The lowest BCUT2D eigenvalue weighted by molar-refractivity contribution is -0.248. The van der Waals surface area contributed by atoms with Crippen LogP contribution in [-0.2, 0) is 9.47 Å². The molecule has 12 N–H and O–H groups in total. The van der Waals surface area contributed by atoms with Crippen LogP contribution in [-0.4, -0.2) is 124 Å². The largest absolute Gasteiger partial charge is 0.387 e. The van der Waals surface area contributed by atoms with Crippen molar-refractivity contribution in [2.24, 2.45) is 0 Å². The minimum Gasteiger partial charge on any atom is -0.387 e. The lowest BCUT2D eigenvalue weighted by Crippen LogP contribution is -2.58. The first kappa shape index (κ1) is 28.9. The molecule has 0 amide bonds. The van der Waals surface area contributed by atoms with Crippen LogP contribution in [0.3, 0.4) is 0 Å². The molecule has 20 nitrogen and oxygen atoms in total. The van der Waals surface area contributed by atoms with E-state index in [1.54, 1.807) is 0 Å². The third-order valence-electron chi connectivity index (χ3n) is 7.41. The average molecular weight is 614 g/mol. The number of nitrogens with two attached hydrogens (primary N) is 2. The third kappa shape index (κ3) is 4.34. The van der Waals surface area contributed by atoms with Crippen LogP contribution >= 0.6 is 0 Å². The van der Waals surface area contributed by atoms with Crippen molar-refractivity contribution in [3.8, 4) is 0 Å². The number of H-pyrrole nitrogens is 2. The molecule has 2 unspecified atom stereocenters. The van der Waals surface area contributed by atoms with Gasteiger partial charge in [0.2, 0.25) is 11.9 Å². The number of halogens is 2. The van der Waals surface area contributed by atoms with Gasteiger partial charge in [0.1, 0.15) is 48.8 Å². The topological polar surface area (TPSA) is 319 Å². The summed E-state index contributed by atoms with van der Waals surface area (Å²) in [7, 11) is 0. The predicted molar refractivity (Wildman–Crippen MR) is 134 cm³/mol. The van der Waals surface area contributed by atoms with E-state index in [0.717, 1.165) is 21.8 Å². The number of aliphatic hydroxyl groups excluding tert-OH is 6. The van der Waals surface area contributed by atoms with Crippen LogP contribution in [0.2, 0.25) is 0 Å². The molecular weight excluding hydrogens is 590 g/mol. The van der Waals surface area contributed by atoms with E-state index in [9.17, 15) is 40.2 Å². The van der Waals surface area contributed by atoms with Crippen molar-refractivity contribution < 1.29 is 48.9 Å². The Morgan fingerprint density at radius 2 is 1.14 bits per heavy atom. The number of rotatable bonds is 6. The van der Waals surface area contributed by atoms with Gasteiger partial charge in [-0.1, -0.05) is 0 Å². The molecule has 6 rings (SSSR count). The molecule has 2 aliphatic heterocycles. The molecule has 0 radical (unpaired) electrons. The summed E-state index contributed by atoms with van der Waals surface area (Å²) < 4.78 is 43.6. The van der Waals surface area contributed by atoms with Gasteiger partial charge in [-0.3, -0.25) is 28.7 Å². The van der Waals surface area contributed by atoms with E-state index < -0.39 is 78.3 Å². The summed E-state index contributed by atoms with van der Waals surface area (Å²) >= 11 is 0. The van der Waals surface area contributed by atoms with Gasteiger partial charge >= 0.3 is 5.92 Å². The molecule has 4 aromatic heterocycles. The Hall–Kier alpha value is -4.16. The van der Waals surface area contributed by atoms with Gasteiger partial charge in [-0.15, -0.1) is 0 Å². The van der Waals surface area contributed by atoms with E-state index in [0.29, 0.717) is 0 Å². The fourth-order valence-corrected chi connectivity index (χ4v) is 5.22. The van der Waals surface area contributed by atoms with Gasteiger partial charge < -0.3 is 51.6 Å². The summed E-state index contributed by atoms with van der Waals surface area (Å²) in [6.45, 7) is 0. The molecule has 10 atom stereocenters. The fourth-order valence-electron chi connectivity index (χ4n) is 5.22. The Morgan fingerprint density at radius 3 is 1.51 bits per heavy atom. The van der Waals surface area contributed by atoms with Crippen LogP contribution in [0, 0.1) is 0 Å². The van der Waals surface area contributed by atoms with Gasteiger partial charge in [-0.25, -0.2) is 18.7 Å². The standard InChI is InChI=1S/C21H24F2N10O10/c22-21(23,11(38)9-5(34)7(36)17(42-9)32-1-26-3-13(32)28-19(24)30-15(3)40)12(39)10-6(35)8(37)18(43-10)33-2-27-4-14(33)29-20(25)31-16(4)41/h1-2,5-12,17-18,34-39H,(H3,24,28,30,40)(H3,25,29,31,41)/t5-,6-,7+,8+,9-,10-,11?,12?,17+,18+/m0/s1. The highest BCUT2D eigenvalue weighted by molar-refractivity contribution is 5.71. The van der Waals surface area contributed by atoms with Crippen molar-refractivity contribution in [3.63, 3.8) is 0 Å². The maximum Gasteiger partial charge on any atom is 0.303 e. The van der Waals surface area contributed by atoms with E-state index in [1.807, 2.05) is 0 Å². The smallest absolute Gasteiger partial charge is 0.303 e. The van der Waals surface area contributed by atoms with E-state index in [1.165, 1.54) is 0 Å². The number of imidazole rings is 2. The molecule has 2 saturated heterocycles. The molecule has 0 bridgehead atoms. The second-order valence-electron chi connectivity index (χ2n) is 10.1. The van der Waals surface area contributed by atoms with Crippen molar-refractivity contribution >= 4 is 34.2 Å². The van der Waals surface area contributed by atoms with Crippen LogP contribution in [0.4, 0.5) is 20.7 Å². The molecule has 232 valence electrons. The minimum absolute atomic E-state index is 0.229. The number of nitrogens with zero attached hydrogens (tertiary/aromatic N) is 6. The zero-order chi connectivity index (χ0) is 31.1. The molecular formula is C21H24F2N10O10. The lowest BCUT2D eigenvalue weighted by Gasteiger charge is -2.34. The zero-order valence-corrected chi connectivity index (χ0v) is 21.3. The molecule has 0 aromatic carbocycles. The maximum absolute atomic E-state index is 15.5. The van der Waals surface area contributed by atoms with E-state index >= 15 is 8.78 Å². The monoisotopic (exact) mass is 614 g/mol. The highest BCUT2D eigenvalue weighted by Crippen LogP contribution is 2.41. The number of nitrogen functional groups attached to an aromatic ring is 2. The highest BCUT2D eigenvalue weighted by atomic mass is 19.3. The molecule has 22 heteroatoms. The van der Waals surface area contributed by atoms with Crippen LogP contribution in [0.1, 0.15) is 12.5 Å². The summed E-state index contributed by atoms with van der Waals surface area (Å²) in [4.78, 5) is 43.9. The Bertz CT molecular complexity index is 1680. The molecule has 6 heterocycles. The summed E-state index contributed by atoms with van der Waals surface area (Å²) in [6.07, 6.45) is -20.3. The summed E-state index contributed by atoms with van der Waals surface area (Å²) in [5.41, 5.74) is 8.59. The number of hydrogen-bond acceptors (Lipinski definition) is 16. The van der Waals surface area contributed by atoms with Crippen LogP contribution < -0.4 is 22.6 Å². The van der Waals surface area contributed by atoms with Crippen LogP contribution in [0.5, 0.6) is 0 Å². The average Bonchev–Trinajstić information content (AvgIpc) is 3.69. The SMILES string of the molecule is Nc1nc2c(ncn2[C@@H]2O[C@H](C(O)C(F)(F)C(O)[C@H]3O[C@@H](n4cnc5c(=O)[nH]c(N)nc54)[C@H](O)[C@@H]3O)[C@@H](O)[C@H]2O)c(=O)[nH]1. The Balaban J connectivity index is 1.25. The number of aromatic amines is 2. The first-order chi connectivity index (χ1) is 20.2. The maximum atomic E-state index is 15.5. The van der Waals surface area contributed by atoms with Crippen molar-refractivity contribution in [2.45, 2.75) is 67.2 Å². The Labute approximate surface area is 234 Å². The second-order valence-corrected chi connectivity index (χ2v) is 10.1. The third-order valence-corrected chi connectivity index (χ3v) is 7.41. The van der Waals surface area contributed by atoms with Crippen LogP contribution in [0.15, 0.2) is 22.2 Å². The predicted octanol–water partition coefficient (Wildman–Crippen LogP) is -4.99. The van der Waals surface area contributed by atoms with Crippen molar-refractivity contribution in [1.29, 1.82) is 0 Å². The van der Waals surface area contributed by atoms with Gasteiger partial charge in [0, 0.05) is 0 Å². The van der Waals surface area contributed by atoms with Gasteiger partial charge in [-0.2, -0.15) is 9.97 Å². The lowest BCUT2D eigenvalue weighted by atomic mass is 9.92. The molecule has 4 aromatic rings. The van der Waals surface area contributed by atoms with Crippen molar-refractivity contribution in [3.05, 3.63) is 33.4 Å². The van der Waals surface area contributed by atoms with E-state index in [4.69, 9.17) is 20.9 Å². The zero-order valence-electron chi connectivity index (χ0n) is 21.3. The molecule has 0 saturated carbocycles. The molecule has 0 aliphatic carbocycles. The number of fused-ring (bicyclic) bond motifs is 2. The van der Waals surface area contributed by atoms with Crippen molar-refractivity contribution in [2.75, 3.05) is 11.5 Å². The first-order valence-electron chi connectivity index (χ1n) is 12.4. The fraction of sp³-hybridized carbons (Fsp3) is 0.524. The first-order valence-corrected chi connectivity index (χ1v) is 12.4. The quantitative estimate of drug-likeness (QED) is 0.0972. The minimum atomic E-state index is -4.62. The summed E-state index contributed by atoms with van der Waals surface area (Å²) in [6, 6.07) is 0. The molecule has 2 fully saturated rings. The number of aliphatic hydroxyl groups is 6. The molecule has 0 spiro atoms. The number of anilines is 2. The van der Waals surface area contributed by atoms with Crippen molar-refractivity contribution in [1.82, 2.24) is 39.0 Å². The number of alkyl halides is 2. The summed E-state index contributed by atoms with van der Waals surface area (Å²) in [5, 5.41) is 63.4. The normalized spacial score (nSPS) is 31.3. The van der Waals surface area contributed by atoms with Gasteiger partial charge in [0.15, 0.2) is 34.8 Å². The number of aromatic nitrogens is 8. The highest BCUT2D eigenvalue weighted by Gasteiger charge is 2.62.